The van der Waals surface area contributed by atoms with Crippen molar-refractivity contribution >= 4 is 11.6 Å². The highest BCUT2D eigenvalue weighted by Gasteiger charge is 2.31. The van der Waals surface area contributed by atoms with Gasteiger partial charge in [0.1, 0.15) is 5.75 Å². The third-order valence-electron chi connectivity index (χ3n) is 3.57. The van der Waals surface area contributed by atoms with Crippen LogP contribution in [0.2, 0.25) is 0 Å². The van der Waals surface area contributed by atoms with Crippen LogP contribution in [0, 0.1) is 11.8 Å². The van der Waals surface area contributed by atoms with E-state index in [1.807, 2.05) is 12.1 Å². The number of benzene rings is 1. The first-order valence-electron chi connectivity index (χ1n) is 5.45. The summed E-state index contributed by atoms with van der Waals surface area (Å²) in [4.78, 5) is 0. The quantitative estimate of drug-likeness (QED) is 0.660. The van der Waals surface area contributed by atoms with Gasteiger partial charge in [-0.25, -0.2) is 0 Å². The van der Waals surface area contributed by atoms with Gasteiger partial charge in [0, 0.05) is 0 Å². The number of halogens is 1. The molecule has 0 aromatic heterocycles. The molecule has 0 spiro atoms. The molecule has 0 radical (unpaired) electrons. The Kier molecular flexibility index (Phi) is 2.92. The average molecular weight is 225 g/mol. The van der Waals surface area contributed by atoms with E-state index in [1.54, 1.807) is 7.11 Å². The molecule has 82 valence electrons. The second-order valence-corrected chi connectivity index (χ2v) is 4.94. The average Bonchev–Trinajstić information content (AvgIpc) is 2.25. The van der Waals surface area contributed by atoms with Crippen LogP contribution < -0.4 is 4.74 Å². The first-order chi connectivity index (χ1) is 7.15. The maximum absolute atomic E-state index is 6.47. The zero-order chi connectivity index (χ0) is 11.0. The summed E-state index contributed by atoms with van der Waals surface area (Å²) in [5.41, 5.74) is 2.55. The number of hydrogen-bond donors (Lipinski definition) is 0. The number of rotatable bonds is 1. The van der Waals surface area contributed by atoms with Gasteiger partial charge in [-0.1, -0.05) is 26.0 Å². The van der Waals surface area contributed by atoms with Crippen molar-refractivity contribution in [3.05, 3.63) is 29.3 Å². The zero-order valence-electron chi connectivity index (χ0n) is 9.46. The first-order valence-corrected chi connectivity index (χ1v) is 5.88. The predicted molar refractivity (Wildman–Crippen MR) is 63.6 cm³/mol. The molecule has 0 saturated heterocycles. The molecule has 1 aliphatic rings. The Morgan fingerprint density at radius 1 is 1.33 bits per heavy atom. The standard InChI is InChI=1S/C13H17ClO/c1-8-7-11-10(13(14)9(8)2)5-4-6-12(11)15-3/h4-6,8-9,13H,7H2,1-3H3. The maximum Gasteiger partial charge on any atom is 0.122 e. The largest absolute Gasteiger partial charge is 0.496 e. The van der Waals surface area contributed by atoms with E-state index >= 15 is 0 Å². The first kappa shape index (κ1) is 10.8. The van der Waals surface area contributed by atoms with Gasteiger partial charge in [0.05, 0.1) is 12.5 Å². The molecular formula is C13H17ClO. The Morgan fingerprint density at radius 2 is 2.07 bits per heavy atom. The van der Waals surface area contributed by atoms with Crippen molar-refractivity contribution in [3.63, 3.8) is 0 Å². The molecule has 0 saturated carbocycles. The Bertz CT molecular complexity index is 362. The lowest BCUT2D eigenvalue weighted by Crippen LogP contribution is -2.23. The van der Waals surface area contributed by atoms with Crippen LogP contribution in [-0.2, 0) is 6.42 Å². The van der Waals surface area contributed by atoms with Crippen molar-refractivity contribution in [2.24, 2.45) is 11.8 Å². The molecule has 0 N–H and O–H groups in total. The SMILES string of the molecule is COc1cccc2c1CC(C)C(C)C2Cl. The molecule has 0 fully saturated rings. The van der Waals surface area contributed by atoms with Crippen molar-refractivity contribution in [1.82, 2.24) is 0 Å². The van der Waals surface area contributed by atoms with Crippen molar-refractivity contribution in [1.29, 1.82) is 0 Å². The normalized spacial score (nSPS) is 29.7. The minimum Gasteiger partial charge on any atom is -0.496 e. The topological polar surface area (TPSA) is 9.23 Å². The summed E-state index contributed by atoms with van der Waals surface area (Å²) in [6, 6.07) is 6.17. The molecule has 1 aromatic rings. The molecular weight excluding hydrogens is 208 g/mol. The van der Waals surface area contributed by atoms with Gasteiger partial charge in [-0.15, -0.1) is 11.6 Å². The third kappa shape index (κ3) is 1.74. The molecule has 3 unspecified atom stereocenters. The van der Waals surface area contributed by atoms with Crippen molar-refractivity contribution in [2.75, 3.05) is 7.11 Å². The fourth-order valence-corrected chi connectivity index (χ4v) is 2.78. The van der Waals surface area contributed by atoms with Crippen LogP contribution >= 0.6 is 11.6 Å². The summed E-state index contributed by atoms with van der Waals surface area (Å²) in [6.07, 6.45) is 1.07. The van der Waals surface area contributed by atoms with E-state index in [-0.39, 0.29) is 5.38 Å². The summed E-state index contributed by atoms with van der Waals surface area (Å²) >= 11 is 6.47. The second-order valence-electron chi connectivity index (χ2n) is 4.47. The van der Waals surface area contributed by atoms with Gasteiger partial charge in [0.25, 0.3) is 0 Å². The Labute approximate surface area is 96.4 Å². The van der Waals surface area contributed by atoms with Gasteiger partial charge < -0.3 is 4.74 Å². The fraction of sp³-hybridized carbons (Fsp3) is 0.538. The van der Waals surface area contributed by atoms with E-state index < -0.39 is 0 Å². The van der Waals surface area contributed by atoms with E-state index in [0.717, 1.165) is 12.2 Å². The second kappa shape index (κ2) is 4.05. The number of ether oxygens (including phenoxy) is 1. The van der Waals surface area contributed by atoms with E-state index in [4.69, 9.17) is 16.3 Å². The highest BCUT2D eigenvalue weighted by molar-refractivity contribution is 6.21. The summed E-state index contributed by atoms with van der Waals surface area (Å²) in [6.45, 7) is 4.49. The lowest BCUT2D eigenvalue weighted by Gasteiger charge is -2.33. The van der Waals surface area contributed by atoms with Crippen LogP contribution in [0.5, 0.6) is 5.75 Å². The van der Waals surface area contributed by atoms with Crippen LogP contribution in [0.25, 0.3) is 0 Å². The molecule has 3 atom stereocenters. The van der Waals surface area contributed by atoms with Gasteiger partial charge in [-0.05, 0) is 35.4 Å². The maximum atomic E-state index is 6.47. The van der Waals surface area contributed by atoms with Crippen LogP contribution in [-0.4, -0.2) is 7.11 Å². The lowest BCUT2D eigenvalue weighted by atomic mass is 9.77. The van der Waals surface area contributed by atoms with Crippen LogP contribution in [0.15, 0.2) is 18.2 Å². The van der Waals surface area contributed by atoms with Crippen molar-refractivity contribution in [3.8, 4) is 5.75 Å². The van der Waals surface area contributed by atoms with Crippen LogP contribution in [0.4, 0.5) is 0 Å². The monoisotopic (exact) mass is 224 g/mol. The molecule has 2 heteroatoms. The van der Waals surface area contributed by atoms with Gasteiger partial charge in [0.15, 0.2) is 0 Å². The Balaban J connectivity index is 2.49. The fourth-order valence-electron chi connectivity index (χ4n) is 2.33. The minimum absolute atomic E-state index is 0.124. The highest BCUT2D eigenvalue weighted by Crippen LogP contribution is 2.44. The van der Waals surface area contributed by atoms with Crippen LogP contribution in [0.1, 0.15) is 30.4 Å². The molecule has 1 nitrogen and oxygen atoms in total. The summed E-state index contributed by atoms with van der Waals surface area (Å²) in [5.74, 6) is 2.14. The van der Waals surface area contributed by atoms with E-state index in [9.17, 15) is 0 Å². The van der Waals surface area contributed by atoms with Gasteiger partial charge >= 0.3 is 0 Å². The van der Waals surface area contributed by atoms with Crippen molar-refractivity contribution in [2.45, 2.75) is 25.6 Å². The summed E-state index contributed by atoms with van der Waals surface area (Å²) in [7, 11) is 1.72. The molecule has 1 aliphatic carbocycles. The van der Waals surface area contributed by atoms with Gasteiger partial charge in [0.2, 0.25) is 0 Å². The minimum atomic E-state index is 0.124. The molecule has 1 aromatic carbocycles. The summed E-state index contributed by atoms with van der Waals surface area (Å²) in [5, 5.41) is 0.124. The molecule has 2 rings (SSSR count). The zero-order valence-corrected chi connectivity index (χ0v) is 10.2. The lowest BCUT2D eigenvalue weighted by molar-refractivity contribution is 0.337. The smallest absolute Gasteiger partial charge is 0.122 e. The molecule has 0 heterocycles. The molecule has 15 heavy (non-hydrogen) atoms. The van der Waals surface area contributed by atoms with Gasteiger partial charge in [-0.3, -0.25) is 0 Å². The highest BCUT2D eigenvalue weighted by atomic mass is 35.5. The number of alkyl halides is 1. The molecule has 0 amide bonds. The van der Waals surface area contributed by atoms with E-state index in [0.29, 0.717) is 11.8 Å². The van der Waals surface area contributed by atoms with Crippen LogP contribution in [0.3, 0.4) is 0 Å². The van der Waals surface area contributed by atoms with E-state index in [1.165, 1.54) is 11.1 Å². The Hall–Kier alpha value is -0.690. The third-order valence-corrected chi connectivity index (χ3v) is 4.20. The molecule has 0 bridgehead atoms. The number of fused-ring (bicyclic) bond motifs is 1. The molecule has 0 aliphatic heterocycles. The van der Waals surface area contributed by atoms with Crippen molar-refractivity contribution < 1.29 is 4.74 Å². The predicted octanol–water partition coefficient (Wildman–Crippen LogP) is 3.80. The number of methoxy groups -OCH3 is 1. The Morgan fingerprint density at radius 3 is 2.73 bits per heavy atom. The van der Waals surface area contributed by atoms with Gasteiger partial charge in [-0.2, -0.15) is 0 Å². The number of hydrogen-bond acceptors (Lipinski definition) is 1. The van der Waals surface area contributed by atoms with E-state index in [2.05, 4.69) is 19.9 Å². The summed E-state index contributed by atoms with van der Waals surface area (Å²) < 4.78 is 5.39.